The van der Waals surface area contributed by atoms with Crippen molar-refractivity contribution < 1.29 is 33.7 Å². The van der Waals surface area contributed by atoms with Gasteiger partial charge in [0.05, 0.1) is 14.2 Å². The lowest BCUT2D eigenvalue weighted by atomic mass is 10.1. The average Bonchev–Trinajstić information content (AvgIpc) is 2.74. The van der Waals surface area contributed by atoms with Crippen molar-refractivity contribution in [3.8, 4) is 11.5 Å². The van der Waals surface area contributed by atoms with Gasteiger partial charge in [-0.15, -0.1) is 0 Å². The zero-order valence-electron chi connectivity index (χ0n) is 17.7. The minimum atomic E-state index is -1.82. The van der Waals surface area contributed by atoms with Crippen LogP contribution in [0, 0.1) is 9.39 Å². The Bertz CT molecular complexity index is 865. The van der Waals surface area contributed by atoms with E-state index in [1.54, 1.807) is 20.3 Å². The van der Waals surface area contributed by atoms with Crippen LogP contribution in [0.1, 0.15) is 17.5 Å². The van der Waals surface area contributed by atoms with Crippen LogP contribution in [0.25, 0.3) is 0 Å². The van der Waals surface area contributed by atoms with E-state index in [4.69, 9.17) is 29.3 Å². The number of methoxy groups -OCH3 is 2. The molecule has 2 N–H and O–H groups in total. The highest BCUT2D eigenvalue weighted by atomic mass is 127. The van der Waals surface area contributed by atoms with E-state index in [0.29, 0.717) is 0 Å². The first-order chi connectivity index (χ1) is 14.7. The van der Waals surface area contributed by atoms with E-state index in [2.05, 4.69) is 40.6 Å². The molecule has 31 heavy (non-hydrogen) atoms. The van der Waals surface area contributed by atoms with Gasteiger partial charge in [0.25, 0.3) is 0 Å². The van der Waals surface area contributed by atoms with E-state index in [9.17, 15) is 4.39 Å². The number of hydrogen-bond acceptors (Lipinski definition) is 5. The van der Waals surface area contributed by atoms with Gasteiger partial charge in [-0.25, -0.2) is 14.0 Å². The Labute approximate surface area is 194 Å². The van der Waals surface area contributed by atoms with Crippen LogP contribution < -0.4 is 9.47 Å². The van der Waals surface area contributed by atoms with Crippen LogP contribution in [0.5, 0.6) is 11.5 Å². The first-order valence-corrected chi connectivity index (χ1v) is 10.5. The van der Waals surface area contributed by atoms with Crippen molar-refractivity contribution in [2.75, 3.05) is 34.4 Å². The largest absolute Gasteiger partial charge is 0.493 e. The molecule has 7 nitrogen and oxygen atoms in total. The molecule has 0 bridgehead atoms. The van der Waals surface area contributed by atoms with Crippen molar-refractivity contribution in [3.63, 3.8) is 0 Å². The normalized spacial score (nSPS) is 10.3. The summed E-state index contributed by atoms with van der Waals surface area (Å²) in [4.78, 5) is 20.5. The van der Waals surface area contributed by atoms with Gasteiger partial charge in [-0.05, 0) is 96.9 Å². The third-order valence-corrected chi connectivity index (χ3v) is 5.46. The molecular weight excluding hydrogens is 520 g/mol. The van der Waals surface area contributed by atoms with Crippen molar-refractivity contribution in [2.45, 2.75) is 19.3 Å². The van der Waals surface area contributed by atoms with Gasteiger partial charge in [0.2, 0.25) is 0 Å². The summed E-state index contributed by atoms with van der Waals surface area (Å²) in [5, 5.41) is 14.8. The zero-order valence-corrected chi connectivity index (χ0v) is 19.9. The predicted molar refractivity (Wildman–Crippen MR) is 123 cm³/mol. The molecule has 0 aliphatic rings. The van der Waals surface area contributed by atoms with Crippen LogP contribution in [0.3, 0.4) is 0 Å². The van der Waals surface area contributed by atoms with E-state index in [0.717, 1.165) is 53.0 Å². The number of carbonyl (C=O) groups is 2. The number of halogens is 2. The van der Waals surface area contributed by atoms with Crippen molar-refractivity contribution >= 4 is 34.5 Å². The number of benzene rings is 2. The molecule has 0 amide bonds. The predicted octanol–water partition coefficient (Wildman–Crippen LogP) is 3.71. The van der Waals surface area contributed by atoms with Gasteiger partial charge in [-0.1, -0.05) is 6.07 Å². The van der Waals surface area contributed by atoms with Gasteiger partial charge in [0, 0.05) is 10.1 Å². The Kier molecular flexibility index (Phi) is 11.9. The zero-order chi connectivity index (χ0) is 23.4. The lowest BCUT2D eigenvalue weighted by Gasteiger charge is -2.17. The molecule has 0 saturated carbocycles. The number of nitrogens with zero attached hydrogens (tertiary/aromatic N) is 1. The number of hydrogen-bond donors (Lipinski definition) is 2. The minimum absolute atomic E-state index is 0.155. The second-order valence-electron chi connectivity index (χ2n) is 6.69. The molecule has 9 heteroatoms. The summed E-state index contributed by atoms with van der Waals surface area (Å²) < 4.78 is 25.1. The summed E-state index contributed by atoms with van der Waals surface area (Å²) in [6.45, 7) is 1.95. The molecule has 0 radical (unpaired) electrons. The molecule has 0 heterocycles. The molecule has 0 saturated heterocycles. The monoisotopic (exact) mass is 547 g/mol. The van der Waals surface area contributed by atoms with Crippen molar-refractivity contribution in [2.24, 2.45) is 0 Å². The van der Waals surface area contributed by atoms with Crippen LogP contribution >= 0.6 is 22.6 Å². The Morgan fingerprint density at radius 1 is 0.968 bits per heavy atom. The average molecular weight is 547 g/mol. The summed E-state index contributed by atoms with van der Waals surface area (Å²) in [6, 6.07) is 11.0. The molecule has 0 spiro atoms. The molecule has 0 atom stereocenters. The molecule has 2 rings (SSSR count). The fourth-order valence-corrected chi connectivity index (χ4v) is 3.35. The van der Waals surface area contributed by atoms with Gasteiger partial charge < -0.3 is 24.6 Å². The maximum Gasteiger partial charge on any atom is 0.414 e. The fraction of sp³-hybridized carbons (Fsp3) is 0.364. The van der Waals surface area contributed by atoms with E-state index in [1.807, 2.05) is 18.2 Å². The summed E-state index contributed by atoms with van der Waals surface area (Å²) in [6.07, 6.45) is 2.87. The number of aliphatic carboxylic acids is 2. The highest BCUT2D eigenvalue weighted by molar-refractivity contribution is 14.1. The lowest BCUT2D eigenvalue weighted by Crippen LogP contribution is -2.23. The van der Waals surface area contributed by atoms with E-state index >= 15 is 0 Å². The molecule has 0 aromatic heterocycles. The van der Waals surface area contributed by atoms with Gasteiger partial charge in [-0.3, -0.25) is 0 Å². The molecular formula is C22H27FINO6. The highest BCUT2D eigenvalue weighted by Crippen LogP contribution is 2.27. The molecule has 170 valence electrons. The summed E-state index contributed by atoms with van der Waals surface area (Å²) in [5.74, 6) is -2.28. The Morgan fingerprint density at radius 2 is 1.61 bits per heavy atom. The Morgan fingerprint density at radius 3 is 2.19 bits per heavy atom. The molecule has 2 aromatic rings. The number of likely N-dealkylation sites (N-methyl/N-ethyl adjacent to an activating group) is 1. The van der Waals surface area contributed by atoms with E-state index < -0.39 is 11.9 Å². The standard InChI is InChI=1S/C20H25FINO2.C2H2O4/c1-23(11-4-5-16-14-17(21)7-8-18(16)22)12-10-15-6-9-19(24-2)20(13-15)25-3;3-1(4)2(5)6/h6-9,13-14H,4-5,10-12H2,1-3H3;(H,3,4)(H,5,6). The smallest absolute Gasteiger partial charge is 0.414 e. The second-order valence-corrected chi connectivity index (χ2v) is 7.85. The van der Waals surface area contributed by atoms with Gasteiger partial charge in [0.15, 0.2) is 11.5 Å². The molecule has 0 aliphatic heterocycles. The molecule has 0 unspecified atom stereocenters. The summed E-state index contributed by atoms with van der Waals surface area (Å²) >= 11 is 2.27. The SMILES string of the molecule is COc1ccc(CCN(C)CCCc2cc(F)ccc2I)cc1OC.O=C(O)C(=O)O. The van der Waals surface area contributed by atoms with Crippen molar-refractivity contribution in [1.82, 2.24) is 4.90 Å². The highest BCUT2D eigenvalue weighted by Gasteiger charge is 2.07. The van der Waals surface area contributed by atoms with Crippen molar-refractivity contribution in [1.29, 1.82) is 0 Å². The van der Waals surface area contributed by atoms with Crippen LogP contribution in [0.2, 0.25) is 0 Å². The third kappa shape index (κ3) is 9.97. The Balaban J connectivity index is 0.000000703. The first-order valence-electron chi connectivity index (χ1n) is 9.47. The molecule has 0 aliphatic carbocycles. The van der Waals surface area contributed by atoms with E-state index in [1.165, 1.54) is 11.6 Å². The van der Waals surface area contributed by atoms with Crippen molar-refractivity contribution in [3.05, 3.63) is 56.9 Å². The number of carboxylic acids is 2. The van der Waals surface area contributed by atoms with Gasteiger partial charge in [0.1, 0.15) is 5.82 Å². The summed E-state index contributed by atoms with van der Waals surface area (Å²) in [7, 11) is 5.42. The fourth-order valence-electron chi connectivity index (χ4n) is 2.74. The lowest BCUT2D eigenvalue weighted by molar-refractivity contribution is -0.159. The number of aryl methyl sites for hydroxylation is 1. The van der Waals surface area contributed by atoms with Gasteiger partial charge >= 0.3 is 11.9 Å². The molecule has 0 fully saturated rings. The maximum atomic E-state index is 13.3. The van der Waals surface area contributed by atoms with Crippen LogP contribution in [0.4, 0.5) is 4.39 Å². The summed E-state index contributed by atoms with van der Waals surface area (Å²) in [5.41, 5.74) is 2.32. The number of carboxylic acid groups (broad SMARTS) is 2. The second kappa shape index (κ2) is 13.8. The quantitative estimate of drug-likeness (QED) is 0.365. The van der Waals surface area contributed by atoms with Gasteiger partial charge in [-0.2, -0.15) is 0 Å². The molecule has 2 aromatic carbocycles. The van der Waals surface area contributed by atoms with Crippen LogP contribution in [-0.4, -0.2) is 61.4 Å². The number of rotatable bonds is 9. The van der Waals surface area contributed by atoms with Crippen LogP contribution in [-0.2, 0) is 22.4 Å². The maximum absolute atomic E-state index is 13.3. The topological polar surface area (TPSA) is 96.3 Å². The third-order valence-electron chi connectivity index (χ3n) is 4.41. The number of ether oxygens (including phenoxy) is 2. The van der Waals surface area contributed by atoms with E-state index in [-0.39, 0.29) is 5.82 Å². The minimum Gasteiger partial charge on any atom is -0.493 e. The van der Waals surface area contributed by atoms with Crippen LogP contribution in [0.15, 0.2) is 36.4 Å². The first kappa shape index (κ1) is 26.6. The Hall–Kier alpha value is -2.40.